The van der Waals surface area contributed by atoms with Crippen LogP contribution in [0.3, 0.4) is 0 Å². The van der Waals surface area contributed by atoms with E-state index in [-0.39, 0.29) is 6.61 Å². The van der Waals surface area contributed by atoms with Crippen molar-refractivity contribution in [1.29, 1.82) is 0 Å². The molecule has 1 atom stereocenters. The Morgan fingerprint density at radius 3 is 2.30 bits per heavy atom. The highest BCUT2D eigenvalue weighted by Gasteiger charge is 1.95. The van der Waals surface area contributed by atoms with Crippen molar-refractivity contribution in [2.45, 2.75) is 26.4 Å². The molecule has 0 saturated heterocycles. The molecule has 0 aliphatic heterocycles. The van der Waals surface area contributed by atoms with Crippen LogP contribution in [-0.2, 0) is 0 Å². The molecule has 2 nitrogen and oxygen atoms in total. The summed E-state index contributed by atoms with van der Waals surface area (Å²) in [4.78, 5) is 0. The molecule has 0 aromatic carbocycles. The summed E-state index contributed by atoms with van der Waals surface area (Å²) in [5.41, 5.74) is 0. The molecule has 60 valence electrons. The van der Waals surface area contributed by atoms with Crippen molar-refractivity contribution in [3.05, 3.63) is 12.2 Å². The van der Waals surface area contributed by atoms with Gasteiger partial charge in [-0.15, -0.1) is 0 Å². The van der Waals surface area contributed by atoms with Crippen molar-refractivity contribution in [3.63, 3.8) is 0 Å². The van der Waals surface area contributed by atoms with Crippen LogP contribution >= 0.6 is 0 Å². The minimum absolute atomic E-state index is 0.0452. The number of hydrogen-bond acceptors (Lipinski definition) is 2. The Bertz CT molecular complexity index is 97.4. The first-order valence-corrected chi connectivity index (χ1v) is 3.64. The van der Waals surface area contributed by atoms with Gasteiger partial charge in [0.1, 0.15) is 0 Å². The van der Waals surface area contributed by atoms with Crippen LogP contribution in [0.5, 0.6) is 0 Å². The van der Waals surface area contributed by atoms with Crippen LogP contribution in [0.1, 0.15) is 20.3 Å². The van der Waals surface area contributed by atoms with Gasteiger partial charge in [-0.1, -0.05) is 26.0 Å². The maximum Gasteiger partial charge on any atom is 0.0742 e. The molecule has 0 aliphatic rings. The normalized spacial score (nSPS) is 14.9. The van der Waals surface area contributed by atoms with E-state index in [0.29, 0.717) is 12.3 Å². The molecule has 0 aliphatic carbocycles. The lowest BCUT2D eigenvalue weighted by Gasteiger charge is -2.01. The van der Waals surface area contributed by atoms with Gasteiger partial charge in [0, 0.05) is 6.61 Å². The van der Waals surface area contributed by atoms with Crippen LogP contribution in [0.15, 0.2) is 12.2 Å². The van der Waals surface area contributed by atoms with Gasteiger partial charge in [-0.2, -0.15) is 0 Å². The molecule has 0 fully saturated rings. The Morgan fingerprint density at radius 1 is 1.30 bits per heavy atom. The smallest absolute Gasteiger partial charge is 0.0742 e. The van der Waals surface area contributed by atoms with E-state index in [0.717, 1.165) is 0 Å². The molecular weight excluding hydrogens is 128 g/mol. The second-order valence-corrected chi connectivity index (χ2v) is 2.71. The molecule has 0 rings (SSSR count). The minimum Gasteiger partial charge on any atom is -0.396 e. The highest BCUT2D eigenvalue weighted by atomic mass is 16.3. The summed E-state index contributed by atoms with van der Waals surface area (Å²) in [6.07, 6.45) is 3.61. The van der Waals surface area contributed by atoms with Gasteiger partial charge in [0.05, 0.1) is 6.10 Å². The van der Waals surface area contributed by atoms with Gasteiger partial charge in [0.25, 0.3) is 0 Å². The lowest BCUT2D eigenvalue weighted by atomic mass is 10.1. The maximum atomic E-state index is 9.05. The average molecular weight is 144 g/mol. The number of allylic oxidation sites excluding steroid dienone is 1. The van der Waals surface area contributed by atoms with Gasteiger partial charge in [-0.05, 0) is 12.3 Å². The molecule has 1 unspecified atom stereocenters. The number of hydrogen-bond donors (Lipinski definition) is 2. The molecule has 0 radical (unpaired) electrons. The summed E-state index contributed by atoms with van der Waals surface area (Å²) in [5.74, 6) is 0.466. The Kier molecular flexibility index (Phi) is 5.26. The van der Waals surface area contributed by atoms with E-state index in [1.165, 1.54) is 0 Å². The zero-order valence-corrected chi connectivity index (χ0v) is 6.62. The molecule has 0 amide bonds. The lowest BCUT2D eigenvalue weighted by Crippen LogP contribution is -2.04. The van der Waals surface area contributed by atoms with Gasteiger partial charge in [-0.25, -0.2) is 0 Å². The first-order chi connectivity index (χ1) is 4.66. The zero-order valence-electron chi connectivity index (χ0n) is 6.62. The van der Waals surface area contributed by atoms with Crippen molar-refractivity contribution in [1.82, 2.24) is 0 Å². The average Bonchev–Trinajstić information content (AvgIpc) is 1.85. The van der Waals surface area contributed by atoms with E-state index in [2.05, 4.69) is 0 Å². The van der Waals surface area contributed by atoms with E-state index in [1.54, 1.807) is 6.08 Å². The second kappa shape index (κ2) is 5.45. The summed E-state index contributed by atoms with van der Waals surface area (Å²) >= 11 is 0. The third-order valence-electron chi connectivity index (χ3n) is 1.14. The molecule has 2 heteroatoms. The van der Waals surface area contributed by atoms with Gasteiger partial charge in [0.15, 0.2) is 0 Å². The summed E-state index contributed by atoms with van der Waals surface area (Å²) in [5, 5.41) is 17.5. The Morgan fingerprint density at radius 2 is 1.90 bits per heavy atom. The molecule has 0 heterocycles. The number of aliphatic hydroxyl groups excluding tert-OH is 2. The summed E-state index contributed by atoms with van der Waals surface area (Å²) in [7, 11) is 0. The summed E-state index contributed by atoms with van der Waals surface area (Å²) in [6, 6.07) is 0. The lowest BCUT2D eigenvalue weighted by molar-refractivity contribution is 0.169. The minimum atomic E-state index is -0.479. The topological polar surface area (TPSA) is 40.5 Å². The summed E-state index contributed by atoms with van der Waals surface area (Å²) < 4.78 is 0. The molecule has 10 heavy (non-hydrogen) atoms. The van der Waals surface area contributed by atoms with Gasteiger partial charge < -0.3 is 10.2 Å². The number of rotatable bonds is 4. The Hall–Kier alpha value is -0.340. The van der Waals surface area contributed by atoms with E-state index in [1.807, 2.05) is 19.9 Å². The van der Waals surface area contributed by atoms with Gasteiger partial charge >= 0.3 is 0 Å². The Balaban J connectivity index is 3.45. The fourth-order valence-corrected chi connectivity index (χ4v) is 0.579. The number of aliphatic hydroxyl groups is 2. The van der Waals surface area contributed by atoms with Crippen molar-refractivity contribution >= 4 is 0 Å². The van der Waals surface area contributed by atoms with Crippen LogP contribution in [0.2, 0.25) is 0 Å². The highest BCUT2D eigenvalue weighted by molar-refractivity contribution is 4.90. The SMILES string of the molecule is CC(C)C=CC(O)CCO. The van der Waals surface area contributed by atoms with Crippen LogP contribution in [0.4, 0.5) is 0 Å². The summed E-state index contributed by atoms with van der Waals surface area (Å²) in [6.45, 7) is 4.13. The first-order valence-electron chi connectivity index (χ1n) is 3.64. The predicted octanol–water partition coefficient (Wildman–Crippen LogP) is 0.942. The molecule has 0 saturated carbocycles. The van der Waals surface area contributed by atoms with Crippen LogP contribution in [0, 0.1) is 5.92 Å². The zero-order chi connectivity index (χ0) is 7.98. The molecular formula is C8H16O2. The maximum absolute atomic E-state index is 9.05. The van der Waals surface area contributed by atoms with Crippen molar-refractivity contribution in [2.75, 3.05) is 6.61 Å². The fraction of sp³-hybridized carbons (Fsp3) is 0.750. The van der Waals surface area contributed by atoms with E-state index in [4.69, 9.17) is 10.2 Å². The third kappa shape index (κ3) is 5.79. The molecule has 0 aromatic heterocycles. The van der Waals surface area contributed by atoms with E-state index in [9.17, 15) is 0 Å². The molecule has 0 spiro atoms. The highest BCUT2D eigenvalue weighted by Crippen LogP contribution is 1.98. The third-order valence-corrected chi connectivity index (χ3v) is 1.14. The van der Waals surface area contributed by atoms with Crippen molar-refractivity contribution < 1.29 is 10.2 Å². The molecule has 0 aromatic rings. The van der Waals surface area contributed by atoms with Gasteiger partial charge in [0.2, 0.25) is 0 Å². The van der Waals surface area contributed by atoms with E-state index < -0.39 is 6.10 Å². The van der Waals surface area contributed by atoms with Crippen molar-refractivity contribution in [3.8, 4) is 0 Å². The predicted molar refractivity (Wildman–Crippen MR) is 41.7 cm³/mol. The van der Waals surface area contributed by atoms with Crippen LogP contribution in [0.25, 0.3) is 0 Å². The van der Waals surface area contributed by atoms with E-state index >= 15 is 0 Å². The fourth-order valence-electron chi connectivity index (χ4n) is 0.579. The molecule has 0 bridgehead atoms. The van der Waals surface area contributed by atoms with Gasteiger partial charge in [-0.3, -0.25) is 0 Å². The first kappa shape index (κ1) is 9.66. The van der Waals surface area contributed by atoms with Crippen molar-refractivity contribution in [2.24, 2.45) is 5.92 Å². The quantitative estimate of drug-likeness (QED) is 0.576. The standard InChI is InChI=1S/C8H16O2/c1-7(2)3-4-8(10)5-6-9/h3-4,7-10H,5-6H2,1-2H3. The monoisotopic (exact) mass is 144 g/mol. The largest absolute Gasteiger partial charge is 0.396 e. The molecule has 2 N–H and O–H groups in total. The van der Waals surface area contributed by atoms with Crippen LogP contribution in [-0.4, -0.2) is 22.9 Å². The Labute approximate surface area is 62.2 Å². The van der Waals surface area contributed by atoms with Crippen LogP contribution < -0.4 is 0 Å². The second-order valence-electron chi connectivity index (χ2n) is 2.71.